The number of ether oxygens (including phenoxy) is 1. The number of anilines is 2. The van der Waals surface area contributed by atoms with Crippen LogP contribution in [-0.2, 0) is 6.61 Å². The number of para-hydroxylation sites is 1. The lowest BCUT2D eigenvalue weighted by molar-refractivity contribution is 0.302. The van der Waals surface area contributed by atoms with E-state index >= 15 is 0 Å². The molecular formula is C22H15Cl3N2O. The molecule has 0 atom stereocenters. The number of halogens is 3. The smallest absolute Gasteiger partial charge is 0.130 e. The fourth-order valence-electron chi connectivity index (χ4n) is 2.77. The van der Waals surface area contributed by atoms with Crippen LogP contribution in [0.15, 0.2) is 72.8 Å². The molecule has 0 aliphatic rings. The molecule has 0 aliphatic heterocycles. The third-order valence-electron chi connectivity index (χ3n) is 4.18. The molecular weight excluding hydrogens is 415 g/mol. The molecule has 0 bridgehead atoms. The second-order valence-corrected chi connectivity index (χ2v) is 7.43. The number of nitrogens with zero attached hydrogens (tertiary/aromatic N) is 1. The fraction of sp³-hybridized carbons (Fsp3) is 0.0455. The van der Waals surface area contributed by atoms with E-state index in [2.05, 4.69) is 10.3 Å². The Morgan fingerprint density at radius 1 is 0.821 bits per heavy atom. The standard InChI is InChI=1S/C22H15Cl3N2O/c23-15-6-4-14-5-7-17(26-21(14)12-15)13-28-18-10-8-16(9-11-18)27-22-19(24)2-1-3-20(22)25/h1-12,27H,13H2. The summed E-state index contributed by atoms with van der Waals surface area (Å²) < 4.78 is 5.85. The van der Waals surface area contributed by atoms with Crippen LogP contribution in [0.4, 0.5) is 11.4 Å². The topological polar surface area (TPSA) is 34.1 Å². The quantitative estimate of drug-likeness (QED) is 0.356. The van der Waals surface area contributed by atoms with E-state index in [1.54, 1.807) is 12.1 Å². The molecule has 1 aromatic heterocycles. The first-order valence-electron chi connectivity index (χ1n) is 8.57. The van der Waals surface area contributed by atoms with Crippen molar-refractivity contribution in [3.05, 3.63) is 93.6 Å². The maximum Gasteiger partial charge on any atom is 0.130 e. The van der Waals surface area contributed by atoms with Crippen LogP contribution in [0.1, 0.15) is 5.69 Å². The van der Waals surface area contributed by atoms with Gasteiger partial charge in [-0.05, 0) is 54.6 Å². The van der Waals surface area contributed by atoms with E-state index in [1.807, 2.05) is 60.7 Å². The summed E-state index contributed by atoms with van der Waals surface area (Å²) in [5.74, 6) is 0.740. The predicted octanol–water partition coefficient (Wildman–Crippen LogP) is 7.52. The molecule has 6 heteroatoms. The molecule has 3 aromatic carbocycles. The van der Waals surface area contributed by atoms with E-state index < -0.39 is 0 Å². The van der Waals surface area contributed by atoms with E-state index in [-0.39, 0.29) is 0 Å². The van der Waals surface area contributed by atoms with E-state index in [0.717, 1.165) is 28.0 Å². The molecule has 0 saturated heterocycles. The van der Waals surface area contributed by atoms with Gasteiger partial charge in [-0.2, -0.15) is 0 Å². The van der Waals surface area contributed by atoms with Gasteiger partial charge >= 0.3 is 0 Å². The maximum absolute atomic E-state index is 6.19. The number of aromatic nitrogens is 1. The third kappa shape index (κ3) is 4.33. The monoisotopic (exact) mass is 428 g/mol. The summed E-state index contributed by atoms with van der Waals surface area (Å²) in [6.45, 7) is 0.367. The van der Waals surface area contributed by atoms with Crippen molar-refractivity contribution in [1.82, 2.24) is 4.98 Å². The molecule has 0 aliphatic carbocycles. The Kier molecular flexibility index (Phi) is 5.58. The Labute approximate surface area is 177 Å². The summed E-state index contributed by atoms with van der Waals surface area (Å²) in [5.41, 5.74) is 3.23. The molecule has 0 radical (unpaired) electrons. The SMILES string of the molecule is Clc1ccc2ccc(COc3ccc(Nc4c(Cl)cccc4Cl)cc3)nc2c1. The summed E-state index contributed by atoms with van der Waals surface area (Å²) in [6.07, 6.45) is 0. The molecule has 140 valence electrons. The molecule has 4 rings (SSSR count). The number of nitrogens with one attached hydrogen (secondary N) is 1. The van der Waals surface area contributed by atoms with Crippen LogP contribution in [0.3, 0.4) is 0 Å². The van der Waals surface area contributed by atoms with Gasteiger partial charge in [0.1, 0.15) is 12.4 Å². The minimum atomic E-state index is 0.367. The minimum Gasteiger partial charge on any atom is -0.487 e. The van der Waals surface area contributed by atoms with Crippen molar-refractivity contribution >= 4 is 57.1 Å². The van der Waals surface area contributed by atoms with Crippen LogP contribution < -0.4 is 10.1 Å². The third-order valence-corrected chi connectivity index (χ3v) is 5.05. The van der Waals surface area contributed by atoms with E-state index in [0.29, 0.717) is 27.4 Å². The van der Waals surface area contributed by atoms with Crippen molar-refractivity contribution in [2.24, 2.45) is 0 Å². The van der Waals surface area contributed by atoms with Gasteiger partial charge in [-0.25, -0.2) is 4.98 Å². The highest BCUT2D eigenvalue weighted by atomic mass is 35.5. The van der Waals surface area contributed by atoms with Gasteiger partial charge in [-0.3, -0.25) is 0 Å². The summed E-state index contributed by atoms with van der Waals surface area (Å²) in [6, 6.07) is 22.6. The van der Waals surface area contributed by atoms with Crippen molar-refractivity contribution in [2.45, 2.75) is 6.61 Å². The highest BCUT2D eigenvalue weighted by molar-refractivity contribution is 6.39. The Hall–Kier alpha value is -2.46. The minimum absolute atomic E-state index is 0.367. The van der Waals surface area contributed by atoms with E-state index in [9.17, 15) is 0 Å². The molecule has 0 spiro atoms. The molecule has 3 nitrogen and oxygen atoms in total. The predicted molar refractivity (Wildman–Crippen MR) is 117 cm³/mol. The molecule has 4 aromatic rings. The van der Waals surface area contributed by atoms with Gasteiger partial charge in [0, 0.05) is 16.1 Å². The Bertz CT molecular complexity index is 1110. The first-order chi connectivity index (χ1) is 13.6. The number of hydrogen-bond acceptors (Lipinski definition) is 3. The zero-order valence-electron chi connectivity index (χ0n) is 14.6. The summed E-state index contributed by atoms with van der Waals surface area (Å²) in [4.78, 5) is 4.59. The molecule has 0 fully saturated rings. The Balaban J connectivity index is 1.43. The number of pyridine rings is 1. The largest absolute Gasteiger partial charge is 0.487 e. The van der Waals surface area contributed by atoms with Gasteiger partial charge in [0.25, 0.3) is 0 Å². The lowest BCUT2D eigenvalue weighted by Crippen LogP contribution is -1.99. The van der Waals surface area contributed by atoms with Gasteiger partial charge in [0.05, 0.1) is 26.9 Å². The van der Waals surface area contributed by atoms with Gasteiger partial charge in [-0.15, -0.1) is 0 Å². The number of rotatable bonds is 5. The van der Waals surface area contributed by atoms with Gasteiger partial charge < -0.3 is 10.1 Å². The Morgan fingerprint density at radius 3 is 2.29 bits per heavy atom. The summed E-state index contributed by atoms with van der Waals surface area (Å²) >= 11 is 18.4. The zero-order chi connectivity index (χ0) is 19.5. The van der Waals surface area contributed by atoms with Gasteiger partial charge in [0.15, 0.2) is 0 Å². The highest BCUT2D eigenvalue weighted by Gasteiger charge is 2.06. The second-order valence-electron chi connectivity index (χ2n) is 6.17. The van der Waals surface area contributed by atoms with Crippen molar-refractivity contribution < 1.29 is 4.74 Å². The van der Waals surface area contributed by atoms with Crippen LogP contribution in [-0.4, -0.2) is 4.98 Å². The van der Waals surface area contributed by atoms with Crippen molar-refractivity contribution in [2.75, 3.05) is 5.32 Å². The van der Waals surface area contributed by atoms with Gasteiger partial charge in [-0.1, -0.05) is 53.0 Å². The van der Waals surface area contributed by atoms with Crippen LogP contribution in [0.5, 0.6) is 5.75 Å². The van der Waals surface area contributed by atoms with Crippen LogP contribution in [0, 0.1) is 0 Å². The number of fused-ring (bicyclic) bond motifs is 1. The van der Waals surface area contributed by atoms with Gasteiger partial charge in [0.2, 0.25) is 0 Å². The van der Waals surface area contributed by atoms with E-state index in [1.165, 1.54) is 0 Å². The maximum atomic E-state index is 6.19. The average Bonchev–Trinajstić information content (AvgIpc) is 2.70. The average molecular weight is 430 g/mol. The molecule has 1 N–H and O–H groups in total. The van der Waals surface area contributed by atoms with Crippen LogP contribution >= 0.6 is 34.8 Å². The summed E-state index contributed by atoms with van der Waals surface area (Å²) in [7, 11) is 0. The van der Waals surface area contributed by atoms with Crippen molar-refractivity contribution in [3.63, 3.8) is 0 Å². The second kappa shape index (κ2) is 8.27. The number of hydrogen-bond donors (Lipinski definition) is 1. The molecule has 0 saturated carbocycles. The normalized spacial score (nSPS) is 10.8. The lowest BCUT2D eigenvalue weighted by atomic mass is 10.2. The van der Waals surface area contributed by atoms with Crippen molar-refractivity contribution in [3.8, 4) is 5.75 Å². The molecule has 0 unspecified atom stereocenters. The number of benzene rings is 3. The fourth-order valence-corrected chi connectivity index (χ4v) is 3.42. The molecule has 28 heavy (non-hydrogen) atoms. The first kappa shape index (κ1) is 18.9. The lowest BCUT2D eigenvalue weighted by Gasteiger charge is -2.11. The molecule has 1 heterocycles. The van der Waals surface area contributed by atoms with Crippen molar-refractivity contribution in [1.29, 1.82) is 0 Å². The van der Waals surface area contributed by atoms with E-state index in [4.69, 9.17) is 39.5 Å². The molecule has 0 amide bonds. The Morgan fingerprint density at radius 2 is 1.54 bits per heavy atom. The summed E-state index contributed by atoms with van der Waals surface area (Å²) in [5, 5.41) is 6.06. The van der Waals surface area contributed by atoms with Crippen LogP contribution in [0.25, 0.3) is 10.9 Å². The zero-order valence-corrected chi connectivity index (χ0v) is 16.9. The van der Waals surface area contributed by atoms with Crippen LogP contribution in [0.2, 0.25) is 15.1 Å². The first-order valence-corrected chi connectivity index (χ1v) is 9.71. The highest BCUT2D eigenvalue weighted by Crippen LogP contribution is 2.33.